The molecule has 0 aliphatic carbocycles. The molecule has 1 atom stereocenters. The number of carbonyl (C=O) groups is 3. The average molecular weight is 603 g/mol. The number of hydrogen-bond donors (Lipinski definition) is 1. The standard InChI is InChI=1S/C25H24Cl3F2N5O4/c1-25(2,3)39-24(38)18(10-14-4-6-16(29)12-17(14)30)31-22(36)8-9-23(37)35(28)20-11-15(26)5-7-19(20)34-13-21(27)32-33-34/h4-7,11-13,18H,8-10H2,1-3H3,(H,31,36). The van der Waals surface area contributed by atoms with Gasteiger partial charge in [-0.05, 0) is 50.6 Å². The minimum absolute atomic E-state index is 0.00253. The van der Waals surface area contributed by atoms with E-state index < -0.39 is 41.1 Å². The van der Waals surface area contributed by atoms with Crippen molar-refractivity contribution in [1.82, 2.24) is 20.3 Å². The number of esters is 1. The van der Waals surface area contributed by atoms with Gasteiger partial charge in [0.15, 0.2) is 5.15 Å². The van der Waals surface area contributed by atoms with Crippen molar-refractivity contribution in [3.63, 3.8) is 0 Å². The zero-order valence-electron chi connectivity index (χ0n) is 21.1. The Kier molecular flexibility index (Phi) is 9.87. The van der Waals surface area contributed by atoms with E-state index in [1.807, 2.05) is 0 Å². The van der Waals surface area contributed by atoms with Gasteiger partial charge in [0.05, 0.1) is 17.6 Å². The van der Waals surface area contributed by atoms with Crippen molar-refractivity contribution in [3.05, 3.63) is 70.0 Å². The van der Waals surface area contributed by atoms with Gasteiger partial charge in [-0.1, -0.05) is 34.5 Å². The van der Waals surface area contributed by atoms with Crippen LogP contribution in [0.4, 0.5) is 14.5 Å². The minimum atomic E-state index is -1.30. The number of halogens is 5. The predicted octanol–water partition coefficient (Wildman–Crippen LogP) is 5.19. The number of hydrogen-bond acceptors (Lipinski definition) is 6. The summed E-state index contributed by atoms with van der Waals surface area (Å²) in [5.74, 6) is -3.84. The van der Waals surface area contributed by atoms with Gasteiger partial charge in [0.1, 0.15) is 23.3 Å². The van der Waals surface area contributed by atoms with Crippen molar-refractivity contribution >= 4 is 58.4 Å². The molecule has 9 nitrogen and oxygen atoms in total. The molecule has 208 valence electrons. The Hall–Kier alpha value is -3.28. The van der Waals surface area contributed by atoms with Gasteiger partial charge >= 0.3 is 5.97 Å². The van der Waals surface area contributed by atoms with Crippen LogP contribution in [0.15, 0.2) is 42.6 Å². The summed E-state index contributed by atoms with van der Waals surface area (Å²) < 4.78 is 35.0. The molecule has 3 aromatic rings. The van der Waals surface area contributed by atoms with E-state index in [9.17, 15) is 23.2 Å². The van der Waals surface area contributed by atoms with Crippen LogP contribution in [0.3, 0.4) is 0 Å². The minimum Gasteiger partial charge on any atom is -0.458 e. The van der Waals surface area contributed by atoms with Gasteiger partial charge < -0.3 is 10.1 Å². The Morgan fingerprint density at radius 3 is 2.44 bits per heavy atom. The Morgan fingerprint density at radius 2 is 1.82 bits per heavy atom. The molecule has 0 bridgehead atoms. The van der Waals surface area contributed by atoms with E-state index in [0.717, 1.165) is 10.5 Å². The fraction of sp³-hybridized carbons (Fsp3) is 0.320. The lowest BCUT2D eigenvalue weighted by Crippen LogP contribution is -2.45. The second-order valence-corrected chi connectivity index (χ2v) is 10.5. The van der Waals surface area contributed by atoms with Gasteiger partial charge in [-0.15, -0.1) is 5.10 Å². The zero-order valence-corrected chi connectivity index (χ0v) is 23.3. The molecule has 14 heteroatoms. The predicted molar refractivity (Wildman–Crippen MR) is 142 cm³/mol. The van der Waals surface area contributed by atoms with Gasteiger partial charge in [0, 0.05) is 42.1 Å². The molecule has 3 rings (SSSR count). The molecule has 0 aliphatic heterocycles. The highest BCUT2D eigenvalue weighted by atomic mass is 35.5. The van der Waals surface area contributed by atoms with Gasteiger partial charge in [0.2, 0.25) is 11.8 Å². The maximum absolute atomic E-state index is 14.2. The molecule has 39 heavy (non-hydrogen) atoms. The smallest absolute Gasteiger partial charge is 0.329 e. The van der Waals surface area contributed by atoms with E-state index in [0.29, 0.717) is 11.8 Å². The molecule has 2 aromatic carbocycles. The van der Waals surface area contributed by atoms with Gasteiger partial charge in [-0.3, -0.25) is 9.59 Å². The maximum Gasteiger partial charge on any atom is 0.329 e. The zero-order chi connectivity index (χ0) is 28.9. The lowest BCUT2D eigenvalue weighted by Gasteiger charge is -2.25. The summed E-state index contributed by atoms with van der Waals surface area (Å²) >= 11 is 18.2. The largest absolute Gasteiger partial charge is 0.458 e. The molecule has 2 amide bonds. The van der Waals surface area contributed by atoms with Crippen molar-refractivity contribution in [3.8, 4) is 5.69 Å². The summed E-state index contributed by atoms with van der Waals surface area (Å²) in [6.45, 7) is 4.90. The van der Waals surface area contributed by atoms with Crippen LogP contribution in [0.1, 0.15) is 39.2 Å². The van der Waals surface area contributed by atoms with E-state index in [1.165, 1.54) is 23.0 Å². The first kappa shape index (κ1) is 30.3. The number of ether oxygens (including phenoxy) is 1. The fourth-order valence-corrected chi connectivity index (χ4v) is 3.91. The lowest BCUT2D eigenvalue weighted by molar-refractivity contribution is -0.158. The van der Waals surface area contributed by atoms with Crippen LogP contribution in [-0.2, 0) is 25.5 Å². The van der Waals surface area contributed by atoms with Crippen LogP contribution >= 0.6 is 35.0 Å². The van der Waals surface area contributed by atoms with Crippen LogP contribution < -0.4 is 9.74 Å². The molecule has 0 fully saturated rings. The normalized spacial score (nSPS) is 12.1. The highest BCUT2D eigenvalue weighted by Crippen LogP contribution is 2.30. The SMILES string of the molecule is CC(C)(C)OC(=O)C(Cc1ccc(F)cc1F)NC(=O)CCC(=O)N(Cl)c1cc(Cl)ccc1-n1cc(Cl)nn1. The van der Waals surface area contributed by atoms with Crippen LogP contribution in [-0.4, -0.2) is 44.4 Å². The number of anilines is 1. The lowest BCUT2D eigenvalue weighted by atomic mass is 10.0. The Morgan fingerprint density at radius 1 is 1.10 bits per heavy atom. The molecule has 0 saturated carbocycles. The number of nitrogens with zero attached hydrogens (tertiary/aromatic N) is 4. The molecule has 0 spiro atoms. The monoisotopic (exact) mass is 601 g/mol. The van der Waals surface area contributed by atoms with Gasteiger partial charge in [-0.25, -0.2) is 22.7 Å². The van der Waals surface area contributed by atoms with Crippen molar-refractivity contribution in [2.24, 2.45) is 0 Å². The second-order valence-electron chi connectivity index (χ2n) is 9.39. The molecular formula is C25H24Cl3F2N5O4. The summed E-state index contributed by atoms with van der Waals surface area (Å²) in [5.41, 5.74) is -0.385. The first-order valence-electron chi connectivity index (χ1n) is 11.6. The third-order valence-electron chi connectivity index (χ3n) is 5.11. The van der Waals surface area contributed by atoms with Crippen molar-refractivity contribution in [2.45, 2.75) is 51.7 Å². The molecule has 0 radical (unpaired) electrons. The summed E-state index contributed by atoms with van der Waals surface area (Å²) in [4.78, 5) is 38.3. The number of nitrogens with one attached hydrogen (secondary N) is 1. The number of carbonyl (C=O) groups excluding carboxylic acids is 3. The average Bonchev–Trinajstić information content (AvgIpc) is 3.27. The molecule has 0 aliphatic rings. The molecule has 1 heterocycles. The van der Waals surface area contributed by atoms with E-state index in [-0.39, 0.29) is 40.7 Å². The van der Waals surface area contributed by atoms with Crippen LogP contribution in [0.25, 0.3) is 5.69 Å². The third kappa shape index (κ3) is 8.61. The van der Waals surface area contributed by atoms with Crippen LogP contribution in [0.2, 0.25) is 10.2 Å². The van der Waals surface area contributed by atoms with Gasteiger partial charge in [-0.2, -0.15) is 0 Å². The molecule has 1 unspecified atom stereocenters. The van der Waals surface area contributed by atoms with Crippen LogP contribution in [0, 0.1) is 11.6 Å². The molecule has 1 aromatic heterocycles. The molecular weight excluding hydrogens is 579 g/mol. The van der Waals surface area contributed by atoms with Crippen molar-refractivity contribution < 1.29 is 27.9 Å². The van der Waals surface area contributed by atoms with E-state index in [1.54, 1.807) is 32.9 Å². The first-order valence-corrected chi connectivity index (χ1v) is 12.7. The van der Waals surface area contributed by atoms with E-state index in [2.05, 4.69) is 15.6 Å². The quantitative estimate of drug-likeness (QED) is 0.267. The van der Waals surface area contributed by atoms with Crippen LogP contribution in [0.5, 0.6) is 0 Å². The summed E-state index contributed by atoms with van der Waals surface area (Å²) in [5, 5.41) is 10.4. The summed E-state index contributed by atoms with van der Waals surface area (Å²) in [6, 6.07) is 6.13. The number of benzene rings is 2. The topological polar surface area (TPSA) is 106 Å². The second kappa shape index (κ2) is 12.7. The van der Waals surface area contributed by atoms with Crippen molar-refractivity contribution in [1.29, 1.82) is 0 Å². The maximum atomic E-state index is 14.2. The number of aromatic nitrogens is 3. The summed E-state index contributed by atoms with van der Waals surface area (Å²) in [7, 11) is 0. The van der Waals surface area contributed by atoms with Gasteiger partial charge in [0.25, 0.3) is 0 Å². The van der Waals surface area contributed by atoms with E-state index in [4.69, 9.17) is 39.7 Å². The van der Waals surface area contributed by atoms with E-state index >= 15 is 0 Å². The third-order valence-corrected chi connectivity index (χ3v) is 5.89. The first-order chi connectivity index (χ1) is 18.2. The fourth-order valence-electron chi connectivity index (χ4n) is 3.40. The molecule has 0 saturated heterocycles. The summed E-state index contributed by atoms with van der Waals surface area (Å²) in [6.07, 6.45) is 0.385. The number of rotatable bonds is 9. The van der Waals surface area contributed by atoms with Crippen molar-refractivity contribution in [2.75, 3.05) is 4.42 Å². The Labute approximate surface area is 238 Å². The highest BCUT2D eigenvalue weighted by molar-refractivity contribution is 6.38. The Bertz CT molecular complexity index is 1380. The number of amides is 2. The Balaban J connectivity index is 1.71. The molecule has 1 N–H and O–H groups in total. The highest BCUT2D eigenvalue weighted by Gasteiger charge is 2.28.